The lowest BCUT2D eigenvalue weighted by Gasteiger charge is -2.36. The Bertz CT molecular complexity index is 767. The van der Waals surface area contributed by atoms with Crippen LogP contribution in [0.4, 0.5) is 9.59 Å². The van der Waals surface area contributed by atoms with Crippen LogP contribution in [-0.4, -0.2) is 57.5 Å². The van der Waals surface area contributed by atoms with Crippen molar-refractivity contribution in [3.05, 3.63) is 30.4 Å². The van der Waals surface area contributed by atoms with E-state index in [0.717, 1.165) is 5.01 Å². The Kier molecular flexibility index (Phi) is 9.47. The van der Waals surface area contributed by atoms with Gasteiger partial charge in [-0.1, -0.05) is 12.7 Å². The van der Waals surface area contributed by atoms with Gasteiger partial charge in [0.05, 0.1) is 27.4 Å². The topological polar surface area (TPSA) is 113 Å². The number of rotatable bonds is 10. The lowest BCUT2D eigenvalue weighted by Crippen LogP contribution is -2.58. The van der Waals surface area contributed by atoms with Gasteiger partial charge in [-0.15, -0.1) is 0 Å². The maximum Gasteiger partial charge on any atom is 0.430 e. The molecule has 1 aromatic rings. The van der Waals surface area contributed by atoms with Gasteiger partial charge < -0.3 is 28.5 Å². The Morgan fingerprint density at radius 3 is 2.23 bits per heavy atom. The van der Waals surface area contributed by atoms with Crippen molar-refractivity contribution in [1.29, 1.82) is 0 Å². The first-order valence-electron chi connectivity index (χ1n) is 9.19. The molecule has 10 heteroatoms. The molecule has 0 aliphatic heterocycles. The number of carbonyl (C=O) groups excluding carboxylic acids is 3. The highest BCUT2D eigenvalue weighted by atomic mass is 16.6. The van der Waals surface area contributed by atoms with Crippen molar-refractivity contribution < 1.29 is 38.1 Å². The van der Waals surface area contributed by atoms with Crippen LogP contribution in [0.25, 0.3) is 0 Å². The molecular weight excluding hydrogens is 396 g/mol. The number of benzene rings is 1. The number of carbonyl (C=O) groups is 3. The van der Waals surface area contributed by atoms with E-state index in [0.29, 0.717) is 12.0 Å². The summed E-state index contributed by atoms with van der Waals surface area (Å²) in [7, 11) is 2.84. The number of nitrogens with zero attached hydrogens (tertiary/aromatic N) is 1. The quantitative estimate of drug-likeness (QED) is 0.347. The molecule has 0 unspecified atom stereocenters. The lowest BCUT2D eigenvalue weighted by atomic mass is 9.91. The van der Waals surface area contributed by atoms with Gasteiger partial charge in [0.2, 0.25) is 0 Å². The Morgan fingerprint density at radius 1 is 1.10 bits per heavy atom. The molecule has 1 atom stereocenters. The zero-order valence-corrected chi connectivity index (χ0v) is 17.9. The van der Waals surface area contributed by atoms with Crippen LogP contribution in [0.1, 0.15) is 26.3 Å². The summed E-state index contributed by atoms with van der Waals surface area (Å²) in [5.41, 5.74) is 0.723. The van der Waals surface area contributed by atoms with Crippen molar-refractivity contribution in [3.63, 3.8) is 0 Å². The Morgan fingerprint density at radius 2 is 1.73 bits per heavy atom. The third kappa shape index (κ3) is 5.56. The Balaban J connectivity index is 3.63. The molecule has 1 N–H and O–H groups in total. The average molecular weight is 424 g/mol. The number of methoxy groups -OCH3 is 2. The molecule has 0 saturated heterocycles. The molecule has 0 bridgehead atoms. The van der Waals surface area contributed by atoms with E-state index in [-0.39, 0.29) is 36.9 Å². The largest absolute Gasteiger partial charge is 0.496 e. The van der Waals surface area contributed by atoms with Crippen molar-refractivity contribution in [3.8, 4) is 17.2 Å². The molecule has 0 radical (unpaired) electrons. The maximum absolute atomic E-state index is 12.6. The van der Waals surface area contributed by atoms with E-state index in [1.54, 1.807) is 13.8 Å². The number of hydrazine groups is 1. The molecular formula is C20H28N2O8. The normalized spacial score (nSPS) is 12.0. The molecule has 0 aromatic heterocycles. The van der Waals surface area contributed by atoms with Crippen molar-refractivity contribution in [2.45, 2.75) is 26.3 Å². The highest BCUT2D eigenvalue weighted by Crippen LogP contribution is 2.41. The zero-order chi connectivity index (χ0) is 22.7. The zero-order valence-electron chi connectivity index (χ0n) is 17.9. The van der Waals surface area contributed by atoms with Crippen LogP contribution >= 0.6 is 0 Å². The summed E-state index contributed by atoms with van der Waals surface area (Å²) < 4.78 is 26.2. The smallest absolute Gasteiger partial charge is 0.430 e. The van der Waals surface area contributed by atoms with Crippen molar-refractivity contribution in [2.75, 3.05) is 34.0 Å². The van der Waals surface area contributed by atoms with Gasteiger partial charge in [0.15, 0.2) is 17.8 Å². The number of aldehydes is 1. The summed E-state index contributed by atoms with van der Waals surface area (Å²) in [6, 6.07) is 2.98. The van der Waals surface area contributed by atoms with E-state index in [4.69, 9.17) is 23.7 Å². The second-order valence-electron chi connectivity index (χ2n) is 5.94. The molecule has 0 aliphatic carbocycles. The predicted octanol–water partition coefficient (Wildman–Crippen LogP) is 2.80. The van der Waals surface area contributed by atoms with Gasteiger partial charge in [0, 0.05) is 11.6 Å². The monoisotopic (exact) mass is 424 g/mol. The van der Waals surface area contributed by atoms with E-state index in [1.165, 1.54) is 39.4 Å². The summed E-state index contributed by atoms with van der Waals surface area (Å²) >= 11 is 0. The molecule has 1 rings (SSSR count). The minimum atomic E-state index is -1.75. The number of hydrogen-bond donors (Lipinski definition) is 1. The standard InChI is InChI=1S/C20H28N2O8/c1-7-10-30-17-11-14(15(26-5)12-16(17)27-6)20(4,13-23)22(19(25)29-9-3)21-18(24)28-8-2/h7,11-13H,1,8-10H2,2-6H3,(H,21,24)/t20-/m1/s1. The lowest BCUT2D eigenvalue weighted by molar-refractivity contribution is -0.119. The number of nitrogens with one attached hydrogen (secondary N) is 1. The first-order chi connectivity index (χ1) is 14.3. The summed E-state index contributed by atoms with van der Waals surface area (Å²) in [5, 5.41) is 0.739. The fourth-order valence-electron chi connectivity index (χ4n) is 2.56. The average Bonchev–Trinajstić information content (AvgIpc) is 2.75. The molecule has 0 fully saturated rings. The minimum absolute atomic E-state index is 0.0161. The summed E-state index contributed by atoms with van der Waals surface area (Å²) in [6.07, 6.45) is 0.105. The third-order valence-corrected chi connectivity index (χ3v) is 4.01. The second kappa shape index (κ2) is 11.5. The van der Waals surface area contributed by atoms with Gasteiger partial charge in [0.1, 0.15) is 17.9 Å². The van der Waals surface area contributed by atoms with Gasteiger partial charge in [-0.2, -0.15) is 5.01 Å². The van der Waals surface area contributed by atoms with Gasteiger partial charge in [-0.05, 0) is 26.8 Å². The summed E-state index contributed by atoms with van der Waals surface area (Å²) in [5.74, 6) is 0.834. The van der Waals surface area contributed by atoms with E-state index in [9.17, 15) is 14.4 Å². The maximum atomic E-state index is 12.6. The molecule has 10 nitrogen and oxygen atoms in total. The van der Waals surface area contributed by atoms with Crippen LogP contribution in [-0.2, 0) is 19.8 Å². The number of amides is 2. The second-order valence-corrected chi connectivity index (χ2v) is 5.94. The summed E-state index contributed by atoms with van der Waals surface area (Å²) in [4.78, 5) is 36.9. The van der Waals surface area contributed by atoms with Crippen molar-refractivity contribution >= 4 is 18.5 Å². The van der Waals surface area contributed by atoms with Crippen LogP contribution in [0.3, 0.4) is 0 Å². The third-order valence-electron chi connectivity index (χ3n) is 4.01. The van der Waals surface area contributed by atoms with Gasteiger partial charge in [0.25, 0.3) is 0 Å². The SMILES string of the molecule is C=CCOc1cc([C@@](C)(C=O)N(NC(=O)OCC)C(=O)OCC)c(OC)cc1OC. The molecule has 0 aliphatic rings. The fourth-order valence-corrected chi connectivity index (χ4v) is 2.56. The molecule has 166 valence electrons. The summed E-state index contributed by atoms with van der Waals surface area (Å²) in [6.45, 7) is 8.44. The van der Waals surface area contributed by atoms with Crippen LogP contribution in [0, 0.1) is 0 Å². The molecule has 0 heterocycles. The van der Waals surface area contributed by atoms with Crippen molar-refractivity contribution in [2.24, 2.45) is 0 Å². The first-order valence-corrected chi connectivity index (χ1v) is 9.19. The molecule has 2 amide bonds. The Labute approximate surface area is 175 Å². The predicted molar refractivity (Wildman–Crippen MR) is 108 cm³/mol. The van der Waals surface area contributed by atoms with Crippen LogP contribution in [0.2, 0.25) is 0 Å². The van der Waals surface area contributed by atoms with E-state index < -0.39 is 17.7 Å². The molecule has 0 spiro atoms. The van der Waals surface area contributed by atoms with Crippen LogP contribution < -0.4 is 19.6 Å². The minimum Gasteiger partial charge on any atom is -0.496 e. The van der Waals surface area contributed by atoms with E-state index in [1.807, 2.05) is 0 Å². The van der Waals surface area contributed by atoms with Gasteiger partial charge in [-0.25, -0.2) is 15.0 Å². The number of ether oxygens (including phenoxy) is 5. The highest BCUT2D eigenvalue weighted by molar-refractivity contribution is 5.82. The van der Waals surface area contributed by atoms with Gasteiger partial charge in [-0.3, -0.25) is 0 Å². The fraction of sp³-hybridized carbons (Fsp3) is 0.450. The van der Waals surface area contributed by atoms with Crippen molar-refractivity contribution in [1.82, 2.24) is 10.4 Å². The first kappa shape index (κ1) is 24.6. The molecule has 1 aromatic carbocycles. The number of hydrogen-bond acceptors (Lipinski definition) is 8. The van der Waals surface area contributed by atoms with E-state index >= 15 is 0 Å². The Hall–Kier alpha value is -3.43. The van der Waals surface area contributed by atoms with Crippen LogP contribution in [0.15, 0.2) is 24.8 Å². The highest BCUT2D eigenvalue weighted by Gasteiger charge is 2.43. The van der Waals surface area contributed by atoms with Crippen LogP contribution in [0.5, 0.6) is 17.2 Å². The van der Waals surface area contributed by atoms with Gasteiger partial charge >= 0.3 is 12.2 Å². The molecule has 0 saturated carbocycles. The van der Waals surface area contributed by atoms with E-state index in [2.05, 4.69) is 12.0 Å². The molecule has 30 heavy (non-hydrogen) atoms.